The Morgan fingerprint density at radius 2 is 1.82 bits per heavy atom. The average Bonchev–Trinajstić information content (AvgIpc) is 3.15. The number of benzene rings is 2. The third-order valence-electron chi connectivity index (χ3n) is 5.10. The number of hydrogen-bond donors (Lipinski definition) is 3. The molecule has 0 saturated heterocycles. The van der Waals surface area contributed by atoms with E-state index in [2.05, 4.69) is 23.5 Å². The van der Waals surface area contributed by atoms with Crippen molar-refractivity contribution in [3.05, 3.63) is 59.2 Å². The van der Waals surface area contributed by atoms with Crippen LogP contribution in [0.25, 0.3) is 11.1 Å². The van der Waals surface area contributed by atoms with Gasteiger partial charge in [0.1, 0.15) is 18.2 Å². The number of carbonyl (C=O) groups is 2. The van der Waals surface area contributed by atoms with Gasteiger partial charge in [-0.05, 0) is 55.0 Å². The molecule has 0 spiro atoms. The summed E-state index contributed by atoms with van der Waals surface area (Å²) in [6.45, 7) is 4.95. The van der Waals surface area contributed by atoms with E-state index in [1.807, 2.05) is 24.3 Å². The zero-order chi connectivity index (χ0) is 24.0. The molecule has 0 heterocycles. The number of aliphatic hydroxyl groups excluding tert-OH is 2. The highest BCUT2D eigenvalue weighted by Crippen LogP contribution is 2.38. The highest BCUT2D eigenvalue weighted by molar-refractivity contribution is 7.99. The van der Waals surface area contributed by atoms with E-state index in [0.29, 0.717) is 0 Å². The number of alkyl carbamates (subject to hydrolysis) is 1. The number of fused-ring (bicyclic) bond motifs is 3. The summed E-state index contributed by atoms with van der Waals surface area (Å²) in [6, 6.07) is 13.2. The molecule has 0 fully saturated rings. The first-order valence-corrected chi connectivity index (χ1v) is 12.0. The third kappa shape index (κ3) is 6.96. The number of nitrogens with one attached hydrogen (secondary N) is 1. The molecule has 8 heteroatoms. The second-order valence-corrected chi connectivity index (χ2v) is 10.0. The third-order valence-corrected chi connectivity index (χ3v) is 6.28. The Balaban J connectivity index is 1.61. The van der Waals surface area contributed by atoms with E-state index in [1.165, 1.54) is 22.9 Å². The van der Waals surface area contributed by atoms with Gasteiger partial charge in [-0.2, -0.15) is 11.8 Å². The second-order valence-electron chi connectivity index (χ2n) is 8.96. The van der Waals surface area contributed by atoms with Crippen LogP contribution >= 0.6 is 11.8 Å². The van der Waals surface area contributed by atoms with Gasteiger partial charge in [0.05, 0.1) is 12.7 Å². The Morgan fingerprint density at radius 3 is 2.55 bits per heavy atom. The topological polar surface area (TPSA) is 105 Å². The first-order chi connectivity index (χ1) is 15.7. The molecule has 0 bridgehead atoms. The summed E-state index contributed by atoms with van der Waals surface area (Å²) in [4.78, 5) is 25.1. The van der Waals surface area contributed by atoms with E-state index in [9.17, 15) is 14.7 Å². The summed E-state index contributed by atoms with van der Waals surface area (Å²) in [5.41, 5.74) is 4.95. The van der Waals surface area contributed by atoms with Crippen molar-refractivity contribution in [2.24, 2.45) is 0 Å². The quantitative estimate of drug-likeness (QED) is 0.410. The monoisotopic (exact) mass is 473 g/mol. The number of hydrogen-bond acceptors (Lipinski definition) is 7. The van der Waals surface area contributed by atoms with Gasteiger partial charge >= 0.3 is 12.1 Å². The van der Waals surface area contributed by atoms with Gasteiger partial charge in [-0.1, -0.05) is 42.5 Å². The van der Waals surface area contributed by atoms with Gasteiger partial charge in [-0.15, -0.1) is 0 Å². The van der Waals surface area contributed by atoms with Gasteiger partial charge < -0.3 is 25.0 Å². The molecule has 1 aliphatic carbocycles. The summed E-state index contributed by atoms with van der Waals surface area (Å²) >= 11 is 1.23. The van der Waals surface area contributed by atoms with Crippen molar-refractivity contribution in [1.29, 1.82) is 0 Å². The normalized spacial score (nSPS) is 14.1. The zero-order valence-corrected chi connectivity index (χ0v) is 20.0. The smallest absolute Gasteiger partial charge is 0.408 e. The van der Waals surface area contributed by atoms with Crippen LogP contribution in [0.2, 0.25) is 0 Å². The van der Waals surface area contributed by atoms with Crippen molar-refractivity contribution in [1.82, 2.24) is 5.32 Å². The Hall–Kier alpha value is -2.55. The summed E-state index contributed by atoms with van der Waals surface area (Å²) in [5, 5.41) is 21.1. The van der Waals surface area contributed by atoms with Gasteiger partial charge in [0, 0.05) is 11.5 Å². The largest absolute Gasteiger partial charge is 0.458 e. The summed E-state index contributed by atoms with van der Waals surface area (Å²) < 4.78 is 10.9. The lowest BCUT2D eigenvalue weighted by Gasteiger charge is -2.24. The fourth-order valence-electron chi connectivity index (χ4n) is 3.60. The fraction of sp³-hybridized carbons (Fsp3) is 0.440. The van der Waals surface area contributed by atoms with E-state index in [-0.39, 0.29) is 24.7 Å². The van der Waals surface area contributed by atoms with Crippen LogP contribution in [0.5, 0.6) is 0 Å². The maximum atomic E-state index is 12.6. The molecule has 0 saturated carbocycles. The van der Waals surface area contributed by atoms with E-state index in [4.69, 9.17) is 14.6 Å². The molecule has 33 heavy (non-hydrogen) atoms. The minimum absolute atomic E-state index is 0.0837. The van der Waals surface area contributed by atoms with Crippen LogP contribution in [0, 0.1) is 0 Å². The van der Waals surface area contributed by atoms with Crippen LogP contribution in [-0.2, 0) is 27.3 Å². The van der Waals surface area contributed by atoms with Crippen LogP contribution in [0.3, 0.4) is 0 Å². The minimum Gasteiger partial charge on any atom is -0.458 e. The molecule has 3 N–H and O–H groups in total. The molecular weight excluding hydrogens is 442 g/mol. The van der Waals surface area contributed by atoms with Crippen molar-refractivity contribution >= 4 is 23.8 Å². The van der Waals surface area contributed by atoms with E-state index < -0.39 is 29.8 Å². The Labute approximate surface area is 198 Å². The molecule has 2 aromatic carbocycles. The molecule has 3 rings (SSSR count). The molecule has 2 atom stereocenters. The minimum atomic E-state index is -0.946. The Morgan fingerprint density at radius 1 is 1.09 bits per heavy atom. The van der Waals surface area contributed by atoms with Crippen molar-refractivity contribution in [3.63, 3.8) is 0 Å². The molecule has 2 aromatic rings. The van der Waals surface area contributed by atoms with E-state index in [0.717, 1.165) is 23.1 Å². The Kier molecular flexibility index (Phi) is 8.40. The first-order valence-electron chi connectivity index (χ1n) is 10.9. The predicted octanol–water partition coefficient (Wildman–Crippen LogP) is 3.28. The molecular formula is C25H31NO6S. The van der Waals surface area contributed by atoms with E-state index >= 15 is 0 Å². The lowest BCUT2D eigenvalue weighted by molar-refractivity contribution is -0.156. The molecule has 1 aliphatic rings. The molecule has 7 nitrogen and oxygen atoms in total. The number of ether oxygens (including phenoxy) is 2. The summed E-state index contributed by atoms with van der Waals surface area (Å²) in [7, 11) is 0. The first kappa shape index (κ1) is 25.1. The maximum absolute atomic E-state index is 12.6. The molecule has 0 unspecified atom stereocenters. The molecule has 0 aromatic heterocycles. The summed E-state index contributed by atoms with van der Waals surface area (Å²) in [5.74, 6) is -0.179. The lowest BCUT2D eigenvalue weighted by atomic mass is 10.0. The molecule has 0 radical (unpaired) electrons. The maximum Gasteiger partial charge on any atom is 0.408 e. The van der Waals surface area contributed by atoms with Crippen LogP contribution < -0.4 is 5.32 Å². The van der Waals surface area contributed by atoms with Crippen molar-refractivity contribution in [2.45, 2.75) is 51.5 Å². The predicted molar refractivity (Wildman–Crippen MR) is 128 cm³/mol. The van der Waals surface area contributed by atoms with Crippen LogP contribution in [0.15, 0.2) is 42.5 Å². The number of rotatable bonds is 9. The SMILES string of the molecule is CC(C)(C)OC(=O)[C@H](CSC[C@@H](O)CO)NC(=O)OCc1cccc2c1Cc1ccccc1-2. The summed E-state index contributed by atoms with van der Waals surface area (Å²) in [6.07, 6.45) is -0.829. The van der Waals surface area contributed by atoms with Crippen LogP contribution in [0.4, 0.5) is 4.79 Å². The van der Waals surface area contributed by atoms with Crippen molar-refractivity contribution in [2.75, 3.05) is 18.1 Å². The van der Waals surface area contributed by atoms with Crippen molar-refractivity contribution in [3.8, 4) is 11.1 Å². The van der Waals surface area contributed by atoms with Crippen LogP contribution in [-0.4, -0.2) is 58.1 Å². The average molecular weight is 474 g/mol. The van der Waals surface area contributed by atoms with Gasteiger partial charge in [0.25, 0.3) is 0 Å². The van der Waals surface area contributed by atoms with Crippen molar-refractivity contribution < 1.29 is 29.3 Å². The fourth-order valence-corrected chi connectivity index (χ4v) is 4.57. The highest BCUT2D eigenvalue weighted by atomic mass is 32.2. The van der Waals surface area contributed by atoms with Gasteiger partial charge in [0.2, 0.25) is 0 Å². The standard InChI is InChI=1S/C25H31NO6S/c1-25(2,3)32-23(29)22(15-33-14-18(28)12-27)26-24(30)31-13-17-8-6-10-20-19-9-5-4-7-16(19)11-21(17)20/h4-10,18,22,27-28H,11-15H2,1-3H3,(H,26,30)/t18-,22-/m0/s1. The number of amides is 1. The molecule has 178 valence electrons. The Bertz CT molecular complexity index is 987. The molecule has 1 amide bonds. The molecule has 0 aliphatic heterocycles. The highest BCUT2D eigenvalue weighted by Gasteiger charge is 2.28. The van der Waals surface area contributed by atoms with Gasteiger partial charge in [0.15, 0.2) is 0 Å². The van der Waals surface area contributed by atoms with Gasteiger partial charge in [-0.25, -0.2) is 9.59 Å². The van der Waals surface area contributed by atoms with E-state index in [1.54, 1.807) is 20.8 Å². The number of thioether (sulfide) groups is 1. The number of aliphatic hydroxyl groups is 2. The second kappa shape index (κ2) is 11.0. The lowest BCUT2D eigenvalue weighted by Crippen LogP contribution is -2.46. The number of esters is 1. The van der Waals surface area contributed by atoms with Gasteiger partial charge in [-0.3, -0.25) is 0 Å². The zero-order valence-electron chi connectivity index (χ0n) is 19.2. The van der Waals surface area contributed by atoms with Crippen LogP contribution in [0.1, 0.15) is 37.5 Å². The number of carbonyl (C=O) groups excluding carboxylic acids is 2.